The molecule has 23 heavy (non-hydrogen) atoms. The van der Waals surface area contributed by atoms with Crippen molar-refractivity contribution in [1.82, 2.24) is 5.32 Å². The van der Waals surface area contributed by atoms with E-state index in [2.05, 4.69) is 10.1 Å². The predicted octanol–water partition coefficient (Wildman–Crippen LogP) is 2.88. The van der Waals surface area contributed by atoms with Crippen LogP contribution in [0.4, 0.5) is 13.2 Å². The van der Waals surface area contributed by atoms with E-state index in [0.29, 0.717) is 12.3 Å². The van der Waals surface area contributed by atoms with Crippen LogP contribution in [0.5, 0.6) is 5.75 Å². The fraction of sp³-hybridized carbons (Fsp3) is 0.438. The van der Waals surface area contributed by atoms with Gasteiger partial charge in [0.25, 0.3) is 0 Å². The molecule has 0 heterocycles. The van der Waals surface area contributed by atoms with Crippen molar-refractivity contribution in [3.05, 3.63) is 35.9 Å². The van der Waals surface area contributed by atoms with Crippen molar-refractivity contribution >= 4 is 12.0 Å². The van der Waals surface area contributed by atoms with Crippen LogP contribution >= 0.6 is 0 Å². The van der Waals surface area contributed by atoms with E-state index in [0.717, 1.165) is 12.8 Å². The van der Waals surface area contributed by atoms with Crippen molar-refractivity contribution in [3.8, 4) is 5.75 Å². The van der Waals surface area contributed by atoms with E-state index >= 15 is 0 Å². The fourth-order valence-corrected chi connectivity index (χ4v) is 2.30. The van der Waals surface area contributed by atoms with Crippen molar-refractivity contribution in [2.75, 3.05) is 6.61 Å². The van der Waals surface area contributed by atoms with Crippen LogP contribution in [0.1, 0.15) is 24.8 Å². The third kappa shape index (κ3) is 5.94. The Balaban J connectivity index is 2.00. The molecule has 1 aromatic carbocycles. The molecule has 1 aliphatic rings. The second kappa shape index (κ2) is 7.50. The normalized spacial score (nSPS) is 16.3. The van der Waals surface area contributed by atoms with E-state index in [-0.39, 0.29) is 24.0 Å². The first-order chi connectivity index (χ1) is 10.9. The van der Waals surface area contributed by atoms with Gasteiger partial charge in [0.1, 0.15) is 5.75 Å². The number of para-hydroxylation sites is 1. The van der Waals surface area contributed by atoms with E-state index < -0.39 is 12.3 Å². The standard InChI is InChI=1S/C16H18F3NO3/c17-16(18,19)23-14-4-2-1-3-12(14)7-8-15(22)20-13(9-10-21)11-5-6-11/h1-4,7-8,11,13,21H,5-6,9-10H2,(H,20,22)/b8-7+. The summed E-state index contributed by atoms with van der Waals surface area (Å²) in [4.78, 5) is 11.9. The number of ether oxygens (including phenoxy) is 1. The minimum atomic E-state index is -4.79. The Labute approximate surface area is 132 Å². The van der Waals surface area contributed by atoms with Crippen molar-refractivity contribution in [3.63, 3.8) is 0 Å². The van der Waals surface area contributed by atoms with Gasteiger partial charge in [-0.3, -0.25) is 4.79 Å². The second-order valence-corrected chi connectivity index (χ2v) is 5.38. The molecule has 1 amide bonds. The number of halogens is 3. The number of aliphatic hydroxyl groups excluding tert-OH is 1. The van der Waals surface area contributed by atoms with E-state index in [4.69, 9.17) is 5.11 Å². The predicted molar refractivity (Wildman–Crippen MR) is 78.5 cm³/mol. The lowest BCUT2D eigenvalue weighted by Gasteiger charge is -2.15. The van der Waals surface area contributed by atoms with E-state index in [9.17, 15) is 18.0 Å². The number of nitrogens with one attached hydrogen (secondary N) is 1. The Bertz CT molecular complexity index is 568. The number of benzene rings is 1. The van der Waals surface area contributed by atoms with Gasteiger partial charge < -0.3 is 15.2 Å². The number of carbonyl (C=O) groups excluding carboxylic acids is 1. The molecule has 7 heteroatoms. The summed E-state index contributed by atoms with van der Waals surface area (Å²) in [7, 11) is 0. The van der Waals surface area contributed by atoms with Crippen molar-refractivity contribution in [2.24, 2.45) is 5.92 Å². The first kappa shape index (κ1) is 17.3. The molecule has 2 N–H and O–H groups in total. The molecule has 1 aliphatic carbocycles. The highest BCUT2D eigenvalue weighted by Gasteiger charge is 2.32. The number of alkyl halides is 3. The molecule has 0 saturated heterocycles. The van der Waals surface area contributed by atoms with Gasteiger partial charge in [-0.2, -0.15) is 0 Å². The molecule has 1 saturated carbocycles. The molecule has 126 valence electrons. The van der Waals surface area contributed by atoms with Gasteiger partial charge in [0.15, 0.2) is 0 Å². The Morgan fingerprint density at radius 3 is 2.70 bits per heavy atom. The summed E-state index contributed by atoms with van der Waals surface area (Å²) in [5.41, 5.74) is 0.158. The summed E-state index contributed by atoms with van der Waals surface area (Å²) >= 11 is 0. The summed E-state index contributed by atoms with van der Waals surface area (Å²) in [5.74, 6) is -0.393. The van der Waals surface area contributed by atoms with Crippen LogP contribution in [0.3, 0.4) is 0 Å². The average Bonchev–Trinajstić information content (AvgIpc) is 3.29. The summed E-state index contributed by atoms with van der Waals surface area (Å²) < 4.78 is 40.9. The molecule has 0 aliphatic heterocycles. The highest BCUT2D eigenvalue weighted by molar-refractivity contribution is 5.92. The number of hydrogen-bond acceptors (Lipinski definition) is 3. The van der Waals surface area contributed by atoms with Gasteiger partial charge in [-0.05, 0) is 37.3 Å². The van der Waals surface area contributed by atoms with Gasteiger partial charge in [-0.1, -0.05) is 18.2 Å². The van der Waals surface area contributed by atoms with Crippen molar-refractivity contribution in [1.29, 1.82) is 0 Å². The Kier molecular flexibility index (Phi) is 5.65. The molecule has 0 aromatic heterocycles. The zero-order chi connectivity index (χ0) is 16.9. The lowest BCUT2D eigenvalue weighted by molar-refractivity contribution is -0.274. The zero-order valence-corrected chi connectivity index (χ0v) is 12.3. The molecule has 1 atom stereocenters. The summed E-state index contributed by atoms with van der Waals surface area (Å²) in [6.07, 6.45) is 0.154. The van der Waals surface area contributed by atoms with Gasteiger partial charge in [-0.25, -0.2) is 0 Å². The van der Waals surface area contributed by atoms with E-state index in [1.54, 1.807) is 6.07 Å². The lowest BCUT2D eigenvalue weighted by atomic mass is 10.1. The SMILES string of the molecule is O=C(/C=C/c1ccccc1OC(F)(F)F)NC(CCO)C1CC1. The second-order valence-electron chi connectivity index (χ2n) is 5.38. The smallest absolute Gasteiger partial charge is 0.405 e. The largest absolute Gasteiger partial charge is 0.573 e. The van der Waals surface area contributed by atoms with Crippen molar-refractivity contribution < 1.29 is 27.8 Å². The molecular weight excluding hydrogens is 311 g/mol. The maximum Gasteiger partial charge on any atom is 0.573 e. The topological polar surface area (TPSA) is 58.6 Å². The molecule has 1 fully saturated rings. The highest BCUT2D eigenvalue weighted by atomic mass is 19.4. The van der Waals surface area contributed by atoms with Gasteiger partial charge in [0.2, 0.25) is 5.91 Å². The first-order valence-corrected chi connectivity index (χ1v) is 7.33. The number of aliphatic hydroxyl groups is 1. The van der Waals surface area contributed by atoms with E-state index in [1.807, 2.05) is 0 Å². The number of amides is 1. The van der Waals surface area contributed by atoms with Crippen LogP contribution in [0.15, 0.2) is 30.3 Å². The maximum atomic E-state index is 12.3. The van der Waals surface area contributed by atoms with Crippen LogP contribution in [-0.4, -0.2) is 30.0 Å². The summed E-state index contributed by atoms with van der Waals surface area (Å²) in [6, 6.07) is 5.49. The van der Waals surface area contributed by atoms with Crippen LogP contribution in [0.25, 0.3) is 6.08 Å². The van der Waals surface area contributed by atoms with Crippen LogP contribution < -0.4 is 10.1 Å². The van der Waals surface area contributed by atoms with Crippen LogP contribution in [-0.2, 0) is 4.79 Å². The van der Waals surface area contributed by atoms with E-state index in [1.165, 1.54) is 30.4 Å². The maximum absolute atomic E-state index is 12.3. The number of carbonyl (C=O) groups is 1. The molecule has 0 bridgehead atoms. The number of rotatable bonds is 7. The minimum absolute atomic E-state index is 0.0204. The van der Waals surface area contributed by atoms with Gasteiger partial charge in [-0.15, -0.1) is 13.2 Å². The van der Waals surface area contributed by atoms with Crippen molar-refractivity contribution in [2.45, 2.75) is 31.7 Å². The molecule has 0 spiro atoms. The third-order valence-electron chi connectivity index (χ3n) is 3.52. The average molecular weight is 329 g/mol. The Morgan fingerprint density at radius 1 is 1.39 bits per heavy atom. The number of hydrogen-bond donors (Lipinski definition) is 2. The van der Waals surface area contributed by atoms with Gasteiger partial charge in [0.05, 0.1) is 0 Å². The fourth-order valence-electron chi connectivity index (χ4n) is 2.30. The van der Waals surface area contributed by atoms with Crippen LogP contribution in [0.2, 0.25) is 0 Å². The summed E-state index contributed by atoms with van der Waals surface area (Å²) in [5, 5.41) is 11.8. The molecule has 0 radical (unpaired) electrons. The zero-order valence-electron chi connectivity index (χ0n) is 12.3. The highest BCUT2D eigenvalue weighted by Crippen LogP contribution is 2.34. The monoisotopic (exact) mass is 329 g/mol. The molecule has 4 nitrogen and oxygen atoms in total. The van der Waals surface area contributed by atoms with Gasteiger partial charge in [0, 0.05) is 24.3 Å². The lowest BCUT2D eigenvalue weighted by Crippen LogP contribution is -2.36. The molecule has 1 aromatic rings. The molecule has 1 unspecified atom stereocenters. The summed E-state index contributed by atoms with van der Waals surface area (Å²) in [6.45, 7) is -0.0204. The Morgan fingerprint density at radius 2 is 2.09 bits per heavy atom. The van der Waals surface area contributed by atoms with Gasteiger partial charge >= 0.3 is 6.36 Å². The quantitative estimate of drug-likeness (QED) is 0.756. The Hall–Kier alpha value is -2.02. The van der Waals surface area contributed by atoms with Crippen LogP contribution in [0, 0.1) is 5.92 Å². The minimum Gasteiger partial charge on any atom is -0.405 e. The molecular formula is C16H18F3NO3. The molecule has 2 rings (SSSR count). The third-order valence-corrected chi connectivity index (χ3v) is 3.52. The first-order valence-electron chi connectivity index (χ1n) is 7.33.